The molecular weight excluding hydrogens is 432 g/mol. The highest BCUT2D eigenvalue weighted by atomic mass is 32.2. The number of hydrogen-bond acceptors (Lipinski definition) is 6. The second kappa shape index (κ2) is 9.26. The van der Waals surface area contributed by atoms with Gasteiger partial charge in [-0.2, -0.15) is 22.1 Å². The van der Waals surface area contributed by atoms with Gasteiger partial charge in [-0.25, -0.2) is 4.68 Å². The van der Waals surface area contributed by atoms with Gasteiger partial charge in [-0.15, -0.1) is 0 Å². The molecule has 10 nitrogen and oxygen atoms in total. The van der Waals surface area contributed by atoms with Crippen molar-refractivity contribution in [1.29, 1.82) is 0 Å². The molecule has 2 fully saturated rings. The SMILES string of the molecule is CCCn1nc(C(=O)N2CCN(S(=O)(=O)N3CCN(C)CC3)CC2)c2ccccc2c1=O. The molecule has 32 heavy (non-hydrogen) atoms. The standard InChI is InChI=1S/C21H30N6O4S/c1-3-8-27-20(28)18-7-5-4-6-17(18)19(22-27)21(29)24-11-15-26(16-12-24)32(30,31)25-13-9-23(2)10-14-25/h4-7H,3,8-16H2,1-2H3. The number of fused-ring (bicyclic) bond motifs is 1. The number of aryl methyl sites for hydroxylation is 1. The average Bonchev–Trinajstić information content (AvgIpc) is 2.81. The Morgan fingerprint density at radius 1 is 0.938 bits per heavy atom. The van der Waals surface area contributed by atoms with Crippen molar-refractivity contribution in [3.05, 3.63) is 40.3 Å². The zero-order chi connectivity index (χ0) is 22.9. The van der Waals surface area contributed by atoms with Crippen LogP contribution in [0.15, 0.2) is 29.1 Å². The summed E-state index contributed by atoms with van der Waals surface area (Å²) in [6, 6.07) is 7.01. The maximum atomic E-state index is 13.3. The van der Waals surface area contributed by atoms with E-state index in [2.05, 4.69) is 10.00 Å². The van der Waals surface area contributed by atoms with E-state index in [1.807, 2.05) is 14.0 Å². The summed E-state index contributed by atoms with van der Waals surface area (Å²) in [7, 11) is -1.55. The highest BCUT2D eigenvalue weighted by Gasteiger charge is 2.35. The number of rotatable bonds is 5. The summed E-state index contributed by atoms with van der Waals surface area (Å²) in [5.41, 5.74) is 0.0334. The molecule has 2 saturated heterocycles. The van der Waals surface area contributed by atoms with E-state index in [0.29, 0.717) is 43.5 Å². The van der Waals surface area contributed by atoms with Crippen LogP contribution in [0.3, 0.4) is 0 Å². The lowest BCUT2D eigenvalue weighted by Crippen LogP contribution is -2.57. The van der Waals surface area contributed by atoms with Gasteiger partial charge in [-0.1, -0.05) is 25.1 Å². The molecule has 1 amide bonds. The molecule has 4 rings (SSSR count). The van der Waals surface area contributed by atoms with Crippen LogP contribution in [0.2, 0.25) is 0 Å². The number of carbonyl (C=O) groups is 1. The maximum Gasteiger partial charge on any atom is 0.282 e. The van der Waals surface area contributed by atoms with Gasteiger partial charge in [0.05, 0.1) is 5.39 Å². The number of likely N-dealkylation sites (N-methyl/N-ethyl adjacent to an activating group) is 1. The monoisotopic (exact) mass is 462 g/mol. The molecule has 0 spiro atoms. The molecule has 174 valence electrons. The van der Waals surface area contributed by atoms with Crippen molar-refractivity contribution in [2.24, 2.45) is 0 Å². The second-order valence-electron chi connectivity index (χ2n) is 8.32. The molecule has 0 bridgehead atoms. The fourth-order valence-electron chi connectivity index (χ4n) is 4.21. The molecule has 0 N–H and O–H groups in total. The first-order valence-corrected chi connectivity index (χ1v) is 12.5. The molecule has 0 aliphatic carbocycles. The predicted octanol–water partition coefficient (Wildman–Crippen LogP) is 0.0565. The van der Waals surface area contributed by atoms with Crippen molar-refractivity contribution < 1.29 is 13.2 Å². The Hall–Kier alpha value is -2.34. The van der Waals surface area contributed by atoms with E-state index in [-0.39, 0.29) is 43.3 Å². The van der Waals surface area contributed by atoms with Gasteiger partial charge in [0.2, 0.25) is 0 Å². The average molecular weight is 463 g/mol. The van der Waals surface area contributed by atoms with Crippen LogP contribution < -0.4 is 5.56 Å². The number of carbonyl (C=O) groups excluding carboxylic acids is 1. The second-order valence-corrected chi connectivity index (χ2v) is 10.3. The summed E-state index contributed by atoms with van der Waals surface area (Å²) in [6.45, 7) is 5.82. The quantitative estimate of drug-likeness (QED) is 0.623. The molecule has 1 aromatic heterocycles. The largest absolute Gasteiger partial charge is 0.335 e. The van der Waals surface area contributed by atoms with Crippen LogP contribution in [0.1, 0.15) is 23.8 Å². The predicted molar refractivity (Wildman–Crippen MR) is 122 cm³/mol. The number of hydrogen-bond donors (Lipinski definition) is 0. The third-order valence-electron chi connectivity index (χ3n) is 6.15. The Bertz CT molecular complexity index is 1150. The minimum absolute atomic E-state index is 0.206. The highest BCUT2D eigenvalue weighted by molar-refractivity contribution is 7.86. The summed E-state index contributed by atoms with van der Waals surface area (Å²) in [6.07, 6.45) is 0.724. The van der Waals surface area contributed by atoms with Crippen LogP contribution in [0.5, 0.6) is 0 Å². The fraction of sp³-hybridized carbons (Fsp3) is 0.571. The summed E-state index contributed by atoms with van der Waals surface area (Å²) < 4.78 is 30.3. The first kappa shape index (κ1) is 22.8. The van der Waals surface area contributed by atoms with E-state index >= 15 is 0 Å². The van der Waals surface area contributed by atoms with Gasteiger partial charge < -0.3 is 9.80 Å². The minimum atomic E-state index is -3.54. The number of nitrogens with zero attached hydrogens (tertiary/aromatic N) is 6. The molecule has 2 aliphatic rings. The minimum Gasteiger partial charge on any atom is -0.335 e. The van der Waals surface area contributed by atoms with Gasteiger partial charge in [0.1, 0.15) is 0 Å². The van der Waals surface area contributed by atoms with Crippen LogP contribution in [0.25, 0.3) is 10.8 Å². The van der Waals surface area contributed by atoms with Gasteiger partial charge in [0, 0.05) is 64.3 Å². The Morgan fingerprint density at radius 2 is 1.50 bits per heavy atom. The molecule has 1 aromatic carbocycles. The van der Waals surface area contributed by atoms with E-state index in [1.165, 1.54) is 13.3 Å². The van der Waals surface area contributed by atoms with E-state index in [9.17, 15) is 18.0 Å². The van der Waals surface area contributed by atoms with Gasteiger partial charge >= 0.3 is 0 Å². The topological polar surface area (TPSA) is 99.1 Å². The molecule has 2 aliphatic heterocycles. The normalized spacial score (nSPS) is 19.5. The van der Waals surface area contributed by atoms with Crippen LogP contribution in [0.4, 0.5) is 0 Å². The number of aromatic nitrogens is 2. The van der Waals surface area contributed by atoms with E-state index in [4.69, 9.17) is 0 Å². The third-order valence-corrected chi connectivity index (χ3v) is 8.18. The molecule has 11 heteroatoms. The molecule has 0 atom stereocenters. The van der Waals surface area contributed by atoms with E-state index in [1.54, 1.807) is 29.2 Å². The molecular formula is C21H30N6O4S. The fourth-order valence-corrected chi connectivity index (χ4v) is 5.79. The Labute approximate surface area is 188 Å². The van der Waals surface area contributed by atoms with Crippen molar-refractivity contribution in [3.63, 3.8) is 0 Å². The number of amides is 1. The summed E-state index contributed by atoms with van der Waals surface area (Å²) in [5, 5.41) is 5.38. The zero-order valence-electron chi connectivity index (χ0n) is 18.6. The lowest BCUT2D eigenvalue weighted by Gasteiger charge is -2.39. The summed E-state index contributed by atoms with van der Waals surface area (Å²) in [4.78, 5) is 29.8. The van der Waals surface area contributed by atoms with Crippen molar-refractivity contribution in [2.45, 2.75) is 19.9 Å². The van der Waals surface area contributed by atoms with Gasteiger partial charge in [0.15, 0.2) is 5.69 Å². The molecule has 0 radical (unpaired) electrons. The Kier molecular flexibility index (Phi) is 6.61. The lowest BCUT2D eigenvalue weighted by molar-refractivity contribution is 0.0685. The van der Waals surface area contributed by atoms with E-state index in [0.717, 1.165) is 6.42 Å². The van der Waals surface area contributed by atoms with Gasteiger partial charge in [0.25, 0.3) is 21.7 Å². The van der Waals surface area contributed by atoms with Crippen molar-refractivity contribution in [3.8, 4) is 0 Å². The maximum absolute atomic E-state index is 13.3. The first-order chi connectivity index (χ1) is 15.3. The zero-order valence-corrected chi connectivity index (χ0v) is 19.4. The Morgan fingerprint density at radius 3 is 2.09 bits per heavy atom. The van der Waals surface area contributed by atoms with Crippen LogP contribution in [-0.2, 0) is 16.8 Å². The molecule has 3 heterocycles. The van der Waals surface area contributed by atoms with Crippen molar-refractivity contribution in [2.75, 3.05) is 59.4 Å². The van der Waals surface area contributed by atoms with Crippen LogP contribution in [-0.4, -0.2) is 102 Å². The lowest BCUT2D eigenvalue weighted by atomic mass is 10.1. The summed E-state index contributed by atoms with van der Waals surface area (Å²) >= 11 is 0. The highest BCUT2D eigenvalue weighted by Crippen LogP contribution is 2.19. The van der Waals surface area contributed by atoms with Gasteiger partial charge in [-0.05, 0) is 19.5 Å². The number of piperazine rings is 2. The van der Waals surface area contributed by atoms with Crippen LogP contribution >= 0.6 is 0 Å². The Balaban J connectivity index is 1.52. The first-order valence-electron chi connectivity index (χ1n) is 11.1. The molecule has 0 saturated carbocycles. The smallest absolute Gasteiger partial charge is 0.282 e. The van der Waals surface area contributed by atoms with Crippen molar-refractivity contribution in [1.82, 2.24) is 28.2 Å². The molecule has 0 unspecified atom stereocenters. The third kappa shape index (κ3) is 4.29. The summed E-state index contributed by atoms with van der Waals surface area (Å²) in [5.74, 6) is -0.275. The van der Waals surface area contributed by atoms with E-state index < -0.39 is 10.2 Å². The molecule has 2 aromatic rings. The van der Waals surface area contributed by atoms with Gasteiger partial charge in [-0.3, -0.25) is 9.59 Å². The van der Waals surface area contributed by atoms with Crippen molar-refractivity contribution >= 4 is 26.9 Å². The van der Waals surface area contributed by atoms with Crippen LogP contribution in [0, 0.1) is 0 Å². The number of benzene rings is 1.